The summed E-state index contributed by atoms with van der Waals surface area (Å²) in [5.74, 6) is 0.358. The van der Waals surface area contributed by atoms with Crippen LogP contribution < -0.4 is 5.32 Å². The topological polar surface area (TPSA) is 49.4 Å². The third kappa shape index (κ3) is 8.41. The van der Waals surface area contributed by atoms with Crippen molar-refractivity contribution in [2.75, 3.05) is 27.2 Å². The molecule has 0 rings (SSSR count). The van der Waals surface area contributed by atoms with E-state index in [1.165, 1.54) is 0 Å². The molecule has 0 bridgehead atoms. The van der Waals surface area contributed by atoms with Crippen LogP contribution in [0.2, 0.25) is 0 Å². The second kappa shape index (κ2) is 8.28. The number of carbonyl (C=O) groups is 2. The Bertz CT molecular complexity index is 225. The van der Waals surface area contributed by atoms with Crippen LogP contribution in [0.5, 0.6) is 0 Å². The van der Waals surface area contributed by atoms with E-state index in [0.29, 0.717) is 25.8 Å². The van der Waals surface area contributed by atoms with Crippen LogP contribution in [-0.4, -0.2) is 43.8 Å². The van der Waals surface area contributed by atoms with Gasteiger partial charge in [-0.2, -0.15) is 0 Å². The summed E-state index contributed by atoms with van der Waals surface area (Å²) in [6, 6.07) is 0. The lowest BCUT2D eigenvalue weighted by Gasteiger charge is -2.10. The summed E-state index contributed by atoms with van der Waals surface area (Å²) in [5.41, 5.74) is 0. The van der Waals surface area contributed by atoms with E-state index in [4.69, 9.17) is 0 Å². The Hall–Kier alpha value is -0.900. The maximum atomic E-state index is 11.3. The number of nitrogens with one attached hydrogen (secondary N) is 1. The number of rotatable bonds is 8. The highest BCUT2D eigenvalue weighted by atomic mass is 16.1. The fraction of sp³-hybridized carbons (Fsp3) is 0.833. The minimum absolute atomic E-state index is 0.0402. The molecule has 0 aromatic heterocycles. The van der Waals surface area contributed by atoms with Gasteiger partial charge >= 0.3 is 0 Å². The Morgan fingerprint density at radius 3 is 2.31 bits per heavy atom. The minimum atomic E-state index is 0.0402. The van der Waals surface area contributed by atoms with Gasteiger partial charge in [0.15, 0.2) is 0 Å². The third-order valence-corrected chi connectivity index (χ3v) is 2.35. The van der Waals surface area contributed by atoms with Gasteiger partial charge in [0.25, 0.3) is 0 Å². The van der Waals surface area contributed by atoms with Crippen LogP contribution in [0.3, 0.4) is 0 Å². The van der Waals surface area contributed by atoms with Gasteiger partial charge in [0.1, 0.15) is 5.78 Å². The van der Waals surface area contributed by atoms with Crippen LogP contribution in [0.15, 0.2) is 0 Å². The fourth-order valence-corrected chi connectivity index (χ4v) is 1.22. The highest BCUT2D eigenvalue weighted by molar-refractivity contribution is 5.81. The first-order valence-corrected chi connectivity index (χ1v) is 5.87. The van der Waals surface area contributed by atoms with Gasteiger partial charge in [0.2, 0.25) is 5.91 Å². The summed E-state index contributed by atoms with van der Waals surface area (Å²) in [6.07, 6.45) is 1.62. The molecule has 1 N–H and O–H groups in total. The van der Waals surface area contributed by atoms with Crippen molar-refractivity contribution in [3.05, 3.63) is 0 Å². The van der Waals surface area contributed by atoms with Gasteiger partial charge in [-0.05, 0) is 20.5 Å². The Labute approximate surface area is 98.4 Å². The molecule has 4 nitrogen and oxygen atoms in total. The molecule has 0 aliphatic heterocycles. The minimum Gasteiger partial charge on any atom is -0.355 e. The first-order chi connectivity index (χ1) is 7.43. The lowest BCUT2D eigenvalue weighted by molar-refractivity contribution is -0.122. The highest BCUT2D eigenvalue weighted by Crippen LogP contribution is 2.03. The Balaban J connectivity index is 3.48. The quantitative estimate of drug-likeness (QED) is 0.676. The summed E-state index contributed by atoms with van der Waals surface area (Å²) in [7, 11) is 3.93. The highest BCUT2D eigenvalue weighted by Gasteiger charge is 2.08. The number of hydrogen-bond donors (Lipinski definition) is 1. The second-order valence-corrected chi connectivity index (χ2v) is 4.63. The molecule has 0 heterocycles. The van der Waals surface area contributed by atoms with E-state index in [-0.39, 0.29) is 17.6 Å². The monoisotopic (exact) mass is 228 g/mol. The van der Waals surface area contributed by atoms with Crippen molar-refractivity contribution >= 4 is 11.7 Å². The third-order valence-electron chi connectivity index (χ3n) is 2.35. The van der Waals surface area contributed by atoms with E-state index in [1.807, 2.05) is 32.8 Å². The maximum absolute atomic E-state index is 11.3. The normalized spacial score (nSPS) is 10.9. The maximum Gasteiger partial charge on any atom is 0.220 e. The van der Waals surface area contributed by atoms with Gasteiger partial charge in [-0.15, -0.1) is 0 Å². The van der Waals surface area contributed by atoms with Crippen molar-refractivity contribution in [2.24, 2.45) is 5.92 Å². The van der Waals surface area contributed by atoms with Crippen LogP contribution in [0.25, 0.3) is 0 Å². The van der Waals surface area contributed by atoms with Crippen molar-refractivity contribution < 1.29 is 9.59 Å². The fourth-order valence-electron chi connectivity index (χ4n) is 1.22. The summed E-state index contributed by atoms with van der Waals surface area (Å²) >= 11 is 0. The second-order valence-electron chi connectivity index (χ2n) is 4.63. The van der Waals surface area contributed by atoms with Crippen molar-refractivity contribution in [1.82, 2.24) is 10.2 Å². The Morgan fingerprint density at radius 2 is 1.81 bits per heavy atom. The van der Waals surface area contributed by atoms with Crippen molar-refractivity contribution in [2.45, 2.75) is 33.1 Å². The van der Waals surface area contributed by atoms with Crippen LogP contribution in [-0.2, 0) is 9.59 Å². The van der Waals surface area contributed by atoms with Crippen molar-refractivity contribution in [1.29, 1.82) is 0 Å². The van der Waals surface area contributed by atoms with Crippen LogP contribution >= 0.6 is 0 Å². The Morgan fingerprint density at radius 1 is 1.19 bits per heavy atom. The molecule has 0 fully saturated rings. The number of nitrogens with zero attached hydrogens (tertiary/aromatic N) is 1. The van der Waals surface area contributed by atoms with Gasteiger partial charge in [-0.25, -0.2) is 0 Å². The summed E-state index contributed by atoms with van der Waals surface area (Å²) in [4.78, 5) is 24.6. The standard InChI is InChI=1S/C12H24N2O2/c1-10(2)11(15)6-5-7-12(16)13-8-9-14(3)4/h10H,5-9H2,1-4H3,(H,13,16). The Kier molecular flexibility index (Phi) is 7.81. The first-order valence-electron chi connectivity index (χ1n) is 5.87. The molecule has 1 amide bonds. The van der Waals surface area contributed by atoms with E-state index in [2.05, 4.69) is 5.32 Å². The number of ketones is 1. The zero-order chi connectivity index (χ0) is 12.6. The number of hydrogen-bond acceptors (Lipinski definition) is 3. The lowest BCUT2D eigenvalue weighted by Crippen LogP contribution is -2.31. The molecule has 0 saturated carbocycles. The van der Waals surface area contributed by atoms with Crippen LogP contribution in [0.4, 0.5) is 0 Å². The zero-order valence-electron chi connectivity index (χ0n) is 10.9. The SMILES string of the molecule is CC(C)C(=O)CCCC(=O)NCCN(C)C. The molecule has 0 spiro atoms. The average molecular weight is 228 g/mol. The van der Waals surface area contributed by atoms with E-state index >= 15 is 0 Å². The molecule has 94 valence electrons. The summed E-state index contributed by atoms with van der Waals surface area (Å²) in [5, 5.41) is 2.83. The van der Waals surface area contributed by atoms with Gasteiger partial charge in [-0.1, -0.05) is 13.8 Å². The van der Waals surface area contributed by atoms with E-state index in [1.54, 1.807) is 0 Å². The zero-order valence-corrected chi connectivity index (χ0v) is 10.9. The predicted octanol–water partition coefficient (Wildman–Crippen LogP) is 1.06. The van der Waals surface area contributed by atoms with Crippen molar-refractivity contribution in [3.63, 3.8) is 0 Å². The summed E-state index contributed by atoms with van der Waals surface area (Å²) < 4.78 is 0. The molecular formula is C12H24N2O2. The molecule has 0 aliphatic rings. The first kappa shape index (κ1) is 15.1. The molecule has 0 aromatic carbocycles. The number of likely N-dealkylation sites (N-methyl/N-ethyl adjacent to an activating group) is 1. The van der Waals surface area contributed by atoms with E-state index in [0.717, 1.165) is 6.54 Å². The van der Waals surface area contributed by atoms with Crippen LogP contribution in [0, 0.1) is 5.92 Å². The van der Waals surface area contributed by atoms with Gasteiger partial charge < -0.3 is 10.2 Å². The predicted molar refractivity (Wildman–Crippen MR) is 65.3 cm³/mol. The average Bonchev–Trinajstić information content (AvgIpc) is 2.16. The molecule has 0 atom stereocenters. The van der Waals surface area contributed by atoms with E-state index in [9.17, 15) is 9.59 Å². The summed E-state index contributed by atoms with van der Waals surface area (Å²) in [6.45, 7) is 5.29. The molecule has 0 aliphatic carbocycles. The molecule has 0 radical (unpaired) electrons. The largest absolute Gasteiger partial charge is 0.355 e. The molecule has 0 unspecified atom stereocenters. The van der Waals surface area contributed by atoms with E-state index < -0.39 is 0 Å². The smallest absolute Gasteiger partial charge is 0.220 e. The van der Waals surface area contributed by atoms with Crippen molar-refractivity contribution in [3.8, 4) is 0 Å². The molecule has 4 heteroatoms. The lowest BCUT2D eigenvalue weighted by atomic mass is 10.0. The van der Waals surface area contributed by atoms with Gasteiger partial charge in [-0.3, -0.25) is 9.59 Å². The molecule has 0 saturated heterocycles. The molecular weight excluding hydrogens is 204 g/mol. The number of amides is 1. The molecule has 16 heavy (non-hydrogen) atoms. The van der Waals surface area contributed by atoms with Gasteiger partial charge in [0.05, 0.1) is 0 Å². The molecule has 0 aromatic rings. The number of carbonyl (C=O) groups excluding carboxylic acids is 2. The van der Waals surface area contributed by atoms with Crippen LogP contribution in [0.1, 0.15) is 33.1 Å². The number of Topliss-reactive ketones (excluding diaryl/α,β-unsaturated/α-hetero) is 1. The van der Waals surface area contributed by atoms with Gasteiger partial charge in [0, 0.05) is 31.8 Å².